The Bertz CT molecular complexity index is 746. The summed E-state index contributed by atoms with van der Waals surface area (Å²) in [6, 6.07) is 15.2. The molecule has 2 aromatic carbocycles. The minimum atomic E-state index is -0.179. The molecule has 0 radical (unpaired) electrons. The summed E-state index contributed by atoms with van der Waals surface area (Å²) in [6.45, 7) is 6.87. The molecule has 4 heteroatoms. The van der Waals surface area contributed by atoms with Crippen molar-refractivity contribution in [2.75, 3.05) is 20.3 Å². The molecule has 0 bridgehead atoms. The Morgan fingerprint density at radius 3 is 2.46 bits per heavy atom. The van der Waals surface area contributed by atoms with Crippen molar-refractivity contribution in [3.05, 3.63) is 65.5 Å². The molecule has 3 nitrogen and oxygen atoms in total. The summed E-state index contributed by atoms with van der Waals surface area (Å²) in [6.07, 6.45) is 3.92. The maximum Gasteiger partial charge on any atom is 0.123 e. The SMILES string of the molecule is CC[C@@]1(C)C[C@@](CCNCc2ccc(OC)cc2)(c2ccc(F)cc2)CCO1. The number of benzene rings is 2. The molecule has 1 aliphatic heterocycles. The van der Waals surface area contributed by atoms with Crippen molar-refractivity contribution in [3.8, 4) is 5.75 Å². The van der Waals surface area contributed by atoms with E-state index in [1.54, 1.807) is 19.2 Å². The quantitative estimate of drug-likeness (QED) is 0.631. The first-order valence-corrected chi connectivity index (χ1v) is 10.2. The molecule has 1 N–H and O–H groups in total. The topological polar surface area (TPSA) is 30.5 Å². The molecule has 2 aromatic rings. The van der Waals surface area contributed by atoms with Gasteiger partial charge in [0.25, 0.3) is 0 Å². The van der Waals surface area contributed by atoms with Crippen LogP contribution in [-0.2, 0) is 16.7 Å². The number of halogens is 1. The van der Waals surface area contributed by atoms with Gasteiger partial charge in [-0.25, -0.2) is 4.39 Å². The molecule has 1 heterocycles. The highest BCUT2D eigenvalue weighted by Gasteiger charge is 2.43. The Balaban J connectivity index is 1.68. The predicted octanol–water partition coefficient (Wildman–Crippen LogP) is 5.23. The second-order valence-corrected chi connectivity index (χ2v) is 8.14. The van der Waals surface area contributed by atoms with E-state index < -0.39 is 0 Å². The maximum atomic E-state index is 13.5. The fourth-order valence-corrected chi connectivity index (χ4v) is 4.29. The molecule has 3 rings (SSSR count). The van der Waals surface area contributed by atoms with E-state index in [0.717, 1.165) is 51.1 Å². The third-order valence-corrected chi connectivity index (χ3v) is 6.22. The normalized spacial score (nSPS) is 24.9. The molecule has 0 aliphatic carbocycles. The fourth-order valence-electron chi connectivity index (χ4n) is 4.29. The smallest absolute Gasteiger partial charge is 0.123 e. The number of methoxy groups -OCH3 is 1. The fraction of sp³-hybridized carbons (Fsp3) is 0.500. The lowest BCUT2D eigenvalue weighted by molar-refractivity contribution is -0.0979. The van der Waals surface area contributed by atoms with Crippen molar-refractivity contribution in [2.24, 2.45) is 0 Å². The molecule has 152 valence electrons. The average molecular weight is 386 g/mol. The first-order valence-electron chi connectivity index (χ1n) is 10.2. The first kappa shape index (κ1) is 20.8. The second kappa shape index (κ2) is 9.06. The monoisotopic (exact) mass is 385 g/mol. The first-order chi connectivity index (χ1) is 13.5. The zero-order valence-corrected chi connectivity index (χ0v) is 17.3. The third-order valence-electron chi connectivity index (χ3n) is 6.22. The van der Waals surface area contributed by atoms with Gasteiger partial charge in [0, 0.05) is 18.6 Å². The summed E-state index contributed by atoms with van der Waals surface area (Å²) >= 11 is 0. The third kappa shape index (κ3) is 4.92. The second-order valence-electron chi connectivity index (χ2n) is 8.14. The Labute approximate surface area is 168 Å². The van der Waals surface area contributed by atoms with Crippen LogP contribution in [0.3, 0.4) is 0 Å². The Morgan fingerprint density at radius 2 is 1.82 bits per heavy atom. The Kier molecular flexibility index (Phi) is 6.73. The Hall–Kier alpha value is -1.91. The largest absolute Gasteiger partial charge is 0.497 e. The van der Waals surface area contributed by atoms with Gasteiger partial charge in [0.1, 0.15) is 11.6 Å². The van der Waals surface area contributed by atoms with Crippen LogP contribution in [0, 0.1) is 5.82 Å². The van der Waals surface area contributed by atoms with E-state index in [1.165, 1.54) is 11.1 Å². The molecule has 1 saturated heterocycles. The number of nitrogens with one attached hydrogen (secondary N) is 1. The van der Waals surface area contributed by atoms with Gasteiger partial charge in [-0.2, -0.15) is 0 Å². The summed E-state index contributed by atoms with van der Waals surface area (Å²) in [7, 11) is 1.68. The molecular formula is C24H32FNO2. The molecular weight excluding hydrogens is 353 g/mol. The highest BCUT2D eigenvalue weighted by molar-refractivity contribution is 5.28. The van der Waals surface area contributed by atoms with E-state index in [2.05, 4.69) is 31.3 Å². The van der Waals surface area contributed by atoms with Gasteiger partial charge in [-0.15, -0.1) is 0 Å². The highest BCUT2D eigenvalue weighted by Crippen LogP contribution is 2.45. The van der Waals surface area contributed by atoms with Crippen LogP contribution in [0.25, 0.3) is 0 Å². The van der Waals surface area contributed by atoms with Crippen LogP contribution in [0.15, 0.2) is 48.5 Å². The highest BCUT2D eigenvalue weighted by atomic mass is 19.1. The number of hydrogen-bond acceptors (Lipinski definition) is 3. The van der Waals surface area contributed by atoms with Gasteiger partial charge in [0.15, 0.2) is 0 Å². The van der Waals surface area contributed by atoms with Gasteiger partial charge < -0.3 is 14.8 Å². The van der Waals surface area contributed by atoms with Gasteiger partial charge in [0.05, 0.1) is 12.7 Å². The predicted molar refractivity (Wildman–Crippen MR) is 111 cm³/mol. The van der Waals surface area contributed by atoms with Gasteiger partial charge in [0.2, 0.25) is 0 Å². The molecule has 0 amide bonds. The lowest BCUT2D eigenvalue weighted by Gasteiger charge is -2.47. The summed E-state index contributed by atoms with van der Waals surface area (Å²) < 4.78 is 24.8. The zero-order chi connectivity index (χ0) is 20.0. The van der Waals surface area contributed by atoms with Gasteiger partial charge in [-0.3, -0.25) is 0 Å². The van der Waals surface area contributed by atoms with Crippen LogP contribution in [0.2, 0.25) is 0 Å². The minimum absolute atomic E-state index is 0.0175. The zero-order valence-electron chi connectivity index (χ0n) is 17.3. The van der Waals surface area contributed by atoms with E-state index in [4.69, 9.17) is 9.47 Å². The Morgan fingerprint density at radius 1 is 1.11 bits per heavy atom. The van der Waals surface area contributed by atoms with E-state index >= 15 is 0 Å². The summed E-state index contributed by atoms with van der Waals surface area (Å²) in [5.41, 5.74) is 2.36. The van der Waals surface area contributed by atoms with Gasteiger partial charge >= 0.3 is 0 Å². The van der Waals surface area contributed by atoms with Gasteiger partial charge in [-0.05, 0) is 74.5 Å². The van der Waals surface area contributed by atoms with Crippen LogP contribution < -0.4 is 10.1 Å². The molecule has 2 atom stereocenters. The van der Waals surface area contributed by atoms with Crippen LogP contribution >= 0.6 is 0 Å². The summed E-state index contributed by atoms with van der Waals surface area (Å²) in [5.74, 6) is 0.696. The van der Waals surface area contributed by atoms with E-state index in [9.17, 15) is 4.39 Å². The molecule has 0 spiro atoms. The minimum Gasteiger partial charge on any atom is -0.497 e. The molecule has 28 heavy (non-hydrogen) atoms. The molecule has 1 aliphatic rings. The van der Waals surface area contributed by atoms with Crippen molar-refractivity contribution in [1.82, 2.24) is 5.32 Å². The number of hydrogen-bond donors (Lipinski definition) is 1. The number of ether oxygens (including phenoxy) is 2. The van der Waals surface area contributed by atoms with Crippen LogP contribution in [0.4, 0.5) is 4.39 Å². The summed E-state index contributed by atoms with van der Waals surface area (Å²) in [5, 5.41) is 3.58. The van der Waals surface area contributed by atoms with Crippen molar-refractivity contribution in [1.29, 1.82) is 0 Å². The average Bonchev–Trinajstić information content (AvgIpc) is 2.72. The lowest BCUT2D eigenvalue weighted by Crippen LogP contribution is -2.46. The maximum absolute atomic E-state index is 13.5. The molecule has 1 fully saturated rings. The van der Waals surface area contributed by atoms with E-state index in [-0.39, 0.29) is 16.8 Å². The standard InChI is InChI=1S/C24H32FNO2/c1-4-23(2)18-24(14-16-28-23,20-7-9-21(25)10-8-20)13-15-26-17-19-5-11-22(27-3)12-6-19/h5-12,26H,4,13-18H2,1-3H3/t23-,24-/m0/s1. The van der Waals surface area contributed by atoms with Crippen LogP contribution in [-0.4, -0.2) is 25.9 Å². The lowest BCUT2D eigenvalue weighted by atomic mass is 9.66. The van der Waals surface area contributed by atoms with E-state index in [0.29, 0.717) is 0 Å². The van der Waals surface area contributed by atoms with Crippen molar-refractivity contribution in [2.45, 2.75) is 57.1 Å². The van der Waals surface area contributed by atoms with Crippen LogP contribution in [0.5, 0.6) is 5.75 Å². The van der Waals surface area contributed by atoms with E-state index in [1.807, 2.05) is 24.3 Å². The van der Waals surface area contributed by atoms with Crippen molar-refractivity contribution < 1.29 is 13.9 Å². The summed E-state index contributed by atoms with van der Waals surface area (Å²) in [4.78, 5) is 0. The van der Waals surface area contributed by atoms with Gasteiger partial charge in [-0.1, -0.05) is 31.2 Å². The number of rotatable bonds is 8. The molecule has 0 aromatic heterocycles. The van der Waals surface area contributed by atoms with Crippen molar-refractivity contribution >= 4 is 0 Å². The molecule has 0 unspecified atom stereocenters. The van der Waals surface area contributed by atoms with Crippen LogP contribution in [0.1, 0.15) is 50.7 Å². The molecule has 0 saturated carbocycles. The van der Waals surface area contributed by atoms with Crippen molar-refractivity contribution in [3.63, 3.8) is 0 Å².